The van der Waals surface area contributed by atoms with Crippen LogP contribution in [0.5, 0.6) is 11.5 Å². The third-order valence-corrected chi connectivity index (χ3v) is 4.92. The van der Waals surface area contributed by atoms with E-state index in [9.17, 15) is 4.79 Å². The summed E-state index contributed by atoms with van der Waals surface area (Å²) in [5, 5.41) is 3.03. The molecular weight excluding hydrogens is 344 g/mol. The Morgan fingerprint density at radius 2 is 1.89 bits per heavy atom. The highest BCUT2D eigenvalue weighted by atomic mass is 16.5. The van der Waals surface area contributed by atoms with Crippen molar-refractivity contribution in [1.82, 2.24) is 15.3 Å². The molecule has 2 fully saturated rings. The number of rotatable bonds is 6. The fraction of sp³-hybridized carbons (Fsp3) is 0.450. The molecule has 2 aliphatic rings. The molecule has 7 heteroatoms. The monoisotopic (exact) mass is 368 g/mol. The molecule has 142 valence electrons. The molecule has 27 heavy (non-hydrogen) atoms. The number of amides is 1. The second-order valence-corrected chi connectivity index (χ2v) is 6.96. The smallest absolute Gasteiger partial charge is 0.255 e. The van der Waals surface area contributed by atoms with Crippen molar-refractivity contribution in [3.8, 4) is 11.5 Å². The van der Waals surface area contributed by atoms with E-state index < -0.39 is 0 Å². The molecule has 1 aromatic heterocycles. The van der Waals surface area contributed by atoms with Gasteiger partial charge in [0.25, 0.3) is 5.91 Å². The van der Waals surface area contributed by atoms with E-state index in [0.29, 0.717) is 23.1 Å². The Morgan fingerprint density at radius 1 is 1.15 bits per heavy atom. The molecule has 1 saturated heterocycles. The minimum atomic E-state index is -0.0784. The molecule has 1 aliphatic heterocycles. The topological polar surface area (TPSA) is 76.6 Å². The van der Waals surface area contributed by atoms with Crippen molar-refractivity contribution in [2.75, 3.05) is 25.1 Å². The fourth-order valence-corrected chi connectivity index (χ4v) is 3.21. The standard InChI is InChI=1S/C20H24N4O3/c1-26-16-5-6-17(19(25)23-14-3-4-14)18(13-16)27-15-7-11-24(12-8-15)20-21-9-2-10-22-20/h2,5-6,9-10,13-15H,3-4,7-8,11-12H2,1H3,(H,23,25). The maximum atomic E-state index is 12.5. The molecule has 2 aromatic rings. The molecule has 1 amide bonds. The van der Waals surface area contributed by atoms with Gasteiger partial charge in [-0.3, -0.25) is 4.79 Å². The van der Waals surface area contributed by atoms with Crippen molar-refractivity contribution in [2.24, 2.45) is 0 Å². The summed E-state index contributed by atoms with van der Waals surface area (Å²) in [4.78, 5) is 23.3. The first kappa shape index (κ1) is 17.6. The number of methoxy groups -OCH3 is 1. The third kappa shape index (κ3) is 4.30. The lowest BCUT2D eigenvalue weighted by molar-refractivity contribution is 0.0941. The summed E-state index contributed by atoms with van der Waals surface area (Å²) < 4.78 is 11.5. The van der Waals surface area contributed by atoms with Crippen LogP contribution < -0.4 is 19.7 Å². The molecule has 0 unspecified atom stereocenters. The largest absolute Gasteiger partial charge is 0.497 e. The van der Waals surface area contributed by atoms with Crippen molar-refractivity contribution in [2.45, 2.75) is 37.8 Å². The van der Waals surface area contributed by atoms with Crippen LogP contribution >= 0.6 is 0 Å². The fourth-order valence-electron chi connectivity index (χ4n) is 3.21. The molecule has 1 N–H and O–H groups in total. The van der Waals surface area contributed by atoms with E-state index >= 15 is 0 Å². The number of carbonyl (C=O) groups excluding carboxylic acids is 1. The highest BCUT2D eigenvalue weighted by Gasteiger charge is 2.27. The summed E-state index contributed by atoms with van der Waals surface area (Å²) in [5.41, 5.74) is 0.566. The Bertz CT molecular complexity index is 787. The summed E-state index contributed by atoms with van der Waals surface area (Å²) in [6, 6.07) is 7.50. The van der Waals surface area contributed by atoms with Gasteiger partial charge in [-0.2, -0.15) is 0 Å². The van der Waals surface area contributed by atoms with Gasteiger partial charge in [0.2, 0.25) is 5.95 Å². The quantitative estimate of drug-likeness (QED) is 0.844. The maximum absolute atomic E-state index is 12.5. The van der Waals surface area contributed by atoms with Crippen LogP contribution in [0.4, 0.5) is 5.95 Å². The van der Waals surface area contributed by atoms with Gasteiger partial charge in [-0.15, -0.1) is 0 Å². The van der Waals surface area contributed by atoms with Crippen LogP contribution in [0.15, 0.2) is 36.7 Å². The Balaban J connectivity index is 1.43. The highest BCUT2D eigenvalue weighted by Crippen LogP contribution is 2.29. The van der Waals surface area contributed by atoms with E-state index in [1.165, 1.54) is 0 Å². The van der Waals surface area contributed by atoms with E-state index in [1.807, 2.05) is 6.07 Å². The summed E-state index contributed by atoms with van der Waals surface area (Å²) in [7, 11) is 1.61. The Morgan fingerprint density at radius 3 is 2.56 bits per heavy atom. The van der Waals surface area contributed by atoms with E-state index in [4.69, 9.17) is 9.47 Å². The van der Waals surface area contributed by atoms with Crippen LogP contribution in [0.1, 0.15) is 36.0 Å². The van der Waals surface area contributed by atoms with E-state index in [0.717, 1.165) is 44.7 Å². The summed E-state index contributed by atoms with van der Waals surface area (Å²) in [6.07, 6.45) is 7.36. The number of piperidine rings is 1. The molecule has 1 aliphatic carbocycles. The second-order valence-electron chi connectivity index (χ2n) is 6.96. The summed E-state index contributed by atoms with van der Waals surface area (Å²) in [6.45, 7) is 1.64. The first-order valence-corrected chi connectivity index (χ1v) is 9.40. The lowest BCUT2D eigenvalue weighted by Crippen LogP contribution is -2.39. The van der Waals surface area contributed by atoms with Gasteiger partial charge in [0, 0.05) is 50.4 Å². The van der Waals surface area contributed by atoms with Crippen LogP contribution in [0.3, 0.4) is 0 Å². The van der Waals surface area contributed by atoms with Gasteiger partial charge in [-0.25, -0.2) is 9.97 Å². The Hall–Kier alpha value is -2.83. The summed E-state index contributed by atoms with van der Waals surface area (Å²) in [5.74, 6) is 1.94. The van der Waals surface area contributed by atoms with Crippen LogP contribution in [0.2, 0.25) is 0 Å². The minimum Gasteiger partial charge on any atom is -0.497 e. The molecule has 7 nitrogen and oxygen atoms in total. The molecule has 0 spiro atoms. The predicted molar refractivity (Wildman–Crippen MR) is 101 cm³/mol. The number of hydrogen-bond acceptors (Lipinski definition) is 6. The van der Waals surface area contributed by atoms with Gasteiger partial charge in [0.1, 0.15) is 17.6 Å². The zero-order valence-corrected chi connectivity index (χ0v) is 15.4. The zero-order chi connectivity index (χ0) is 18.6. The van der Waals surface area contributed by atoms with Crippen LogP contribution in [-0.4, -0.2) is 48.2 Å². The number of hydrogen-bond donors (Lipinski definition) is 1. The van der Waals surface area contributed by atoms with Crippen molar-refractivity contribution in [3.63, 3.8) is 0 Å². The van der Waals surface area contributed by atoms with Gasteiger partial charge in [0.15, 0.2) is 0 Å². The van der Waals surface area contributed by atoms with Crippen molar-refractivity contribution >= 4 is 11.9 Å². The maximum Gasteiger partial charge on any atom is 0.255 e. The number of nitrogens with one attached hydrogen (secondary N) is 1. The lowest BCUT2D eigenvalue weighted by atomic mass is 10.1. The first-order chi connectivity index (χ1) is 13.2. The summed E-state index contributed by atoms with van der Waals surface area (Å²) >= 11 is 0. The SMILES string of the molecule is COc1ccc(C(=O)NC2CC2)c(OC2CCN(c3ncccn3)CC2)c1. The van der Waals surface area contributed by atoms with E-state index in [2.05, 4.69) is 20.2 Å². The third-order valence-electron chi connectivity index (χ3n) is 4.92. The normalized spacial score (nSPS) is 17.4. The number of benzene rings is 1. The number of ether oxygens (including phenoxy) is 2. The average Bonchev–Trinajstić information content (AvgIpc) is 3.53. The van der Waals surface area contributed by atoms with Gasteiger partial charge in [-0.1, -0.05) is 0 Å². The van der Waals surface area contributed by atoms with E-state index in [-0.39, 0.29) is 12.0 Å². The van der Waals surface area contributed by atoms with Crippen LogP contribution in [-0.2, 0) is 0 Å². The molecule has 0 radical (unpaired) electrons. The molecule has 0 atom stereocenters. The number of anilines is 1. The number of nitrogens with zero attached hydrogens (tertiary/aromatic N) is 3. The molecule has 4 rings (SSSR count). The minimum absolute atomic E-state index is 0.0459. The molecular formula is C20H24N4O3. The van der Waals surface area contributed by atoms with Crippen molar-refractivity contribution < 1.29 is 14.3 Å². The second kappa shape index (κ2) is 7.82. The van der Waals surface area contributed by atoms with Gasteiger partial charge < -0.3 is 19.7 Å². The van der Waals surface area contributed by atoms with Gasteiger partial charge in [-0.05, 0) is 31.0 Å². The molecule has 2 heterocycles. The van der Waals surface area contributed by atoms with E-state index in [1.54, 1.807) is 37.7 Å². The van der Waals surface area contributed by atoms with Crippen molar-refractivity contribution in [1.29, 1.82) is 0 Å². The average molecular weight is 368 g/mol. The predicted octanol–water partition coefficient (Wildman–Crippen LogP) is 2.43. The highest BCUT2D eigenvalue weighted by molar-refractivity contribution is 5.97. The number of carbonyl (C=O) groups is 1. The Labute approximate surface area is 158 Å². The van der Waals surface area contributed by atoms with Gasteiger partial charge >= 0.3 is 0 Å². The van der Waals surface area contributed by atoms with Gasteiger partial charge in [0.05, 0.1) is 12.7 Å². The number of aromatic nitrogens is 2. The van der Waals surface area contributed by atoms with Crippen LogP contribution in [0.25, 0.3) is 0 Å². The molecule has 1 saturated carbocycles. The zero-order valence-electron chi connectivity index (χ0n) is 15.4. The lowest BCUT2D eigenvalue weighted by Gasteiger charge is -2.32. The molecule has 1 aromatic carbocycles. The van der Waals surface area contributed by atoms with Crippen molar-refractivity contribution in [3.05, 3.63) is 42.2 Å². The first-order valence-electron chi connectivity index (χ1n) is 9.40. The Kier molecular flexibility index (Phi) is 5.09. The van der Waals surface area contributed by atoms with Crippen LogP contribution in [0, 0.1) is 0 Å². The molecule has 0 bridgehead atoms.